The molecule has 1 aliphatic rings. The lowest BCUT2D eigenvalue weighted by Crippen LogP contribution is -2.36. The van der Waals surface area contributed by atoms with E-state index < -0.39 is 35.2 Å². The quantitative estimate of drug-likeness (QED) is 0.378. The number of aromatic amines is 1. The van der Waals surface area contributed by atoms with Gasteiger partial charge in [0.1, 0.15) is 12.2 Å². The summed E-state index contributed by atoms with van der Waals surface area (Å²) in [4.78, 5) is 38.5. The van der Waals surface area contributed by atoms with Gasteiger partial charge < -0.3 is 20.4 Å². The molecule has 4 rings (SSSR count). The molecule has 0 radical (unpaired) electrons. The van der Waals surface area contributed by atoms with Gasteiger partial charge in [0.2, 0.25) is 5.95 Å². The lowest BCUT2D eigenvalue weighted by molar-refractivity contribution is -0.769. The highest BCUT2D eigenvalue weighted by atomic mass is 17.0. The zero-order valence-corrected chi connectivity index (χ0v) is 15.1. The van der Waals surface area contributed by atoms with E-state index in [4.69, 9.17) is 15.3 Å². The van der Waals surface area contributed by atoms with Crippen LogP contribution in [0.4, 0.5) is 5.95 Å². The molecular weight excluding hydrogens is 384 g/mol. The molecule has 0 unspecified atom stereocenters. The Bertz CT molecular complexity index is 1100. The van der Waals surface area contributed by atoms with Crippen LogP contribution in [-0.4, -0.2) is 48.5 Å². The SMILES string of the molecule is Nc1nc2c(ncn2[C@@]2(Cc3ccccc3)C[C@H](O[N+](=O)[O-])[C@@H](CO)O2)c(=O)[nH]1. The van der Waals surface area contributed by atoms with Crippen molar-refractivity contribution >= 4 is 17.1 Å². The Hall–Kier alpha value is -3.51. The third-order valence-corrected chi connectivity index (χ3v) is 4.89. The summed E-state index contributed by atoms with van der Waals surface area (Å²) < 4.78 is 7.62. The molecule has 0 saturated carbocycles. The van der Waals surface area contributed by atoms with Crippen molar-refractivity contribution < 1.29 is 19.8 Å². The molecule has 12 heteroatoms. The standard InChI is InChI=1S/C17H18N6O6/c18-16-20-14-13(15(25)21-16)19-9-22(14)17(6-10-4-2-1-3-5-10)7-11(29-23(26)27)12(8-24)28-17/h1-5,9,11-12,24H,6-8H2,(H3,18,20,21,25)/t11-,12+,17+/m0/s1. The van der Waals surface area contributed by atoms with Gasteiger partial charge >= 0.3 is 0 Å². The second kappa shape index (κ2) is 7.14. The van der Waals surface area contributed by atoms with Crippen molar-refractivity contribution in [2.75, 3.05) is 12.3 Å². The number of fused-ring (bicyclic) bond motifs is 1. The van der Waals surface area contributed by atoms with Gasteiger partial charge in [0.25, 0.3) is 10.6 Å². The topological polar surface area (TPSA) is 171 Å². The fraction of sp³-hybridized carbons (Fsp3) is 0.353. The maximum atomic E-state index is 12.2. The van der Waals surface area contributed by atoms with Gasteiger partial charge in [-0.2, -0.15) is 4.98 Å². The van der Waals surface area contributed by atoms with Crippen molar-refractivity contribution in [1.29, 1.82) is 0 Å². The number of aliphatic hydroxyl groups excluding tert-OH is 1. The first-order valence-corrected chi connectivity index (χ1v) is 8.79. The van der Waals surface area contributed by atoms with Crippen LogP contribution in [0.25, 0.3) is 11.2 Å². The molecular formula is C17H18N6O6. The number of nitrogens with two attached hydrogens (primary N) is 1. The second-order valence-corrected chi connectivity index (χ2v) is 6.76. The molecule has 3 atom stereocenters. The molecule has 0 spiro atoms. The molecule has 1 saturated heterocycles. The summed E-state index contributed by atoms with van der Waals surface area (Å²) in [6.45, 7) is -0.488. The van der Waals surface area contributed by atoms with Crippen molar-refractivity contribution in [1.82, 2.24) is 19.5 Å². The van der Waals surface area contributed by atoms with Crippen LogP contribution in [0.15, 0.2) is 41.5 Å². The summed E-state index contributed by atoms with van der Waals surface area (Å²) in [6.07, 6.45) is -0.315. The average molecular weight is 402 g/mol. The highest BCUT2D eigenvalue weighted by molar-refractivity contribution is 5.70. The van der Waals surface area contributed by atoms with Crippen molar-refractivity contribution in [3.05, 3.63) is 62.7 Å². The van der Waals surface area contributed by atoms with E-state index in [1.165, 1.54) is 10.9 Å². The molecule has 1 fully saturated rings. The predicted octanol–water partition coefficient (Wildman–Crippen LogP) is -0.0446. The molecule has 152 valence electrons. The number of aromatic nitrogens is 4. The fourth-order valence-corrected chi connectivity index (χ4v) is 3.72. The Balaban J connectivity index is 1.86. The van der Waals surface area contributed by atoms with Gasteiger partial charge in [-0.25, -0.2) is 4.98 Å². The van der Waals surface area contributed by atoms with Crippen LogP contribution in [-0.2, 0) is 21.7 Å². The number of nitrogen functional groups attached to an aromatic ring is 1. The number of ether oxygens (including phenoxy) is 1. The Kier molecular flexibility index (Phi) is 4.64. The number of imidazole rings is 1. The molecule has 0 amide bonds. The summed E-state index contributed by atoms with van der Waals surface area (Å²) >= 11 is 0. The van der Waals surface area contributed by atoms with Gasteiger partial charge in [-0.3, -0.25) is 14.3 Å². The van der Waals surface area contributed by atoms with Crippen LogP contribution in [0.1, 0.15) is 12.0 Å². The number of rotatable bonds is 6. The van der Waals surface area contributed by atoms with E-state index in [2.05, 4.69) is 15.0 Å². The number of hydrogen-bond donors (Lipinski definition) is 3. The Morgan fingerprint density at radius 2 is 2.21 bits per heavy atom. The summed E-state index contributed by atoms with van der Waals surface area (Å²) in [5.74, 6) is -0.103. The smallest absolute Gasteiger partial charge is 0.294 e. The number of anilines is 1. The average Bonchev–Trinajstić information content (AvgIpc) is 3.24. The summed E-state index contributed by atoms with van der Waals surface area (Å²) in [5.41, 5.74) is 5.02. The molecule has 2 aromatic heterocycles. The van der Waals surface area contributed by atoms with Crippen LogP contribution < -0.4 is 11.3 Å². The van der Waals surface area contributed by atoms with E-state index in [9.17, 15) is 20.0 Å². The van der Waals surface area contributed by atoms with Crippen LogP contribution in [0.5, 0.6) is 0 Å². The zero-order chi connectivity index (χ0) is 20.6. The summed E-state index contributed by atoms with van der Waals surface area (Å²) in [6, 6.07) is 9.29. The van der Waals surface area contributed by atoms with Gasteiger partial charge in [0.15, 0.2) is 16.9 Å². The van der Waals surface area contributed by atoms with E-state index in [0.29, 0.717) is 0 Å². The lowest BCUT2D eigenvalue weighted by atomic mass is 9.97. The number of aliphatic hydroxyl groups is 1. The molecule has 3 aromatic rings. The Labute approximate surface area is 163 Å². The predicted molar refractivity (Wildman–Crippen MR) is 99.1 cm³/mol. The van der Waals surface area contributed by atoms with Crippen molar-refractivity contribution in [3.63, 3.8) is 0 Å². The van der Waals surface area contributed by atoms with Crippen LogP contribution in [0, 0.1) is 10.1 Å². The molecule has 29 heavy (non-hydrogen) atoms. The van der Waals surface area contributed by atoms with Gasteiger partial charge in [0.05, 0.1) is 12.9 Å². The third kappa shape index (κ3) is 3.39. The number of nitrogens with zero attached hydrogens (tertiary/aromatic N) is 4. The van der Waals surface area contributed by atoms with E-state index in [0.717, 1.165) is 5.56 Å². The van der Waals surface area contributed by atoms with Crippen molar-refractivity contribution in [2.45, 2.75) is 30.8 Å². The molecule has 0 bridgehead atoms. The van der Waals surface area contributed by atoms with Gasteiger partial charge in [-0.15, -0.1) is 10.1 Å². The summed E-state index contributed by atoms with van der Waals surface area (Å²) in [7, 11) is 0. The molecule has 0 aliphatic carbocycles. The van der Waals surface area contributed by atoms with E-state index >= 15 is 0 Å². The van der Waals surface area contributed by atoms with Crippen LogP contribution >= 0.6 is 0 Å². The maximum absolute atomic E-state index is 12.2. The number of nitrogens with one attached hydrogen (secondary N) is 1. The lowest BCUT2D eigenvalue weighted by Gasteiger charge is -2.31. The minimum Gasteiger partial charge on any atom is -0.394 e. The van der Waals surface area contributed by atoms with E-state index in [-0.39, 0.29) is 30.0 Å². The van der Waals surface area contributed by atoms with E-state index in [1.54, 1.807) is 0 Å². The van der Waals surface area contributed by atoms with Gasteiger partial charge in [0, 0.05) is 12.8 Å². The zero-order valence-electron chi connectivity index (χ0n) is 15.1. The third-order valence-electron chi connectivity index (χ3n) is 4.89. The minimum atomic E-state index is -1.24. The second-order valence-electron chi connectivity index (χ2n) is 6.76. The Morgan fingerprint density at radius 3 is 2.90 bits per heavy atom. The molecule has 3 heterocycles. The van der Waals surface area contributed by atoms with Crippen molar-refractivity contribution in [2.24, 2.45) is 0 Å². The highest BCUT2D eigenvalue weighted by Crippen LogP contribution is 2.40. The first-order chi connectivity index (χ1) is 13.9. The fourth-order valence-electron chi connectivity index (χ4n) is 3.72. The summed E-state index contributed by atoms with van der Waals surface area (Å²) in [5, 5.41) is 19.7. The molecule has 1 aromatic carbocycles. The van der Waals surface area contributed by atoms with Gasteiger partial charge in [-0.05, 0) is 5.56 Å². The first kappa shape index (κ1) is 18.8. The first-order valence-electron chi connectivity index (χ1n) is 8.79. The normalized spacial score (nSPS) is 24.0. The number of benzene rings is 1. The Morgan fingerprint density at radius 1 is 1.45 bits per heavy atom. The molecule has 4 N–H and O–H groups in total. The largest absolute Gasteiger partial charge is 0.394 e. The number of hydrogen-bond acceptors (Lipinski definition) is 9. The van der Waals surface area contributed by atoms with Crippen molar-refractivity contribution in [3.8, 4) is 0 Å². The van der Waals surface area contributed by atoms with Crippen LogP contribution in [0.2, 0.25) is 0 Å². The van der Waals surface area contributed by atoms with Crippen LogP contribution in [0.3, 0.4) is 0 Å². The monoisotopic (exact) mass is 402 g/mol. The molecule has 12 nitrogen and oxygen atoms in total. The maximum Gasteiger partial charge on any atom is 0.294 e. The highest BCUT2D eigenvalue weighted by Gasteiger charge is 2.50. The van der Waals surface area contributed by atoms with Gasteiger partial charge in [-0.1, -0.05) is 30.3 Å². The molecule has 1 aliphatic heterocycles. The van der Waals surface area contributed by atoms with E-state index in [1.807, 2.05) is 30.3 Å². The minimum absolute atomic E-state index is 0.0218. The number of H-pyrrole nitrogens is 1.